The molecule has 5 heteroatoms. The van der Waals surface area contributed by atoms with Gasteiger partial charge in [0.1, 0.15) is 6.04 Å². The van der Waals surface area contributed by atoms with Gasteiger partial charge in [-0.05, 0) is 13.8 Å². The fourth-order valence-corrected chi connectivity index (χ4v) is 1.31. The van der Waals surface area contributed by atoms with E-state index in [9.17, 15) is 4.79 Å². The van der Waals surface area contributed by atoms with Crippen molar-refractivity contribution in [3.8, 4) is 6.07 Å². The Balaban J connectivity index is 4.24. The second-order valence-corrected chi connectivity index (χ2v) is 3.36. The first-order chi connectivity index (χ1) is 7.67. The summed E-state index contributed by atoms with van der Waals surface area (Å²) in [6.45, 7) is 5.65. The van der Waals surface area contributed by atoms with Crippen molar-refractivity contribution < 1.29 is 14.3 Å². The van der Waals surface area contributed by atoms with Crippen LogP contribution in [0, 0.1) is 11.3 Å². The Kier molecular flexibility index (Phi) is 8.49. The third-order valence-electron chi connectivity index (χ3n) is 2.27. The zero-order valence-corrected chi connectivity index (χ0v) is 10.2. The molecule has 0 N–H and O–H groups in total. The molecule has 0 saturated heterocycles. The third kappa shape index (κ3) is 5.69. The molecule has 0 bridgehead atoms. The minimum Gasteiger partial charge on any atom is -0.465 e. The quantitative estimate of drug-likeness (QED) is 0.575. The summed E-state index contributed by atoms with van der Waals surface area (Å²) >= 11 is 0. The zero-order chi connectivity index (χ0) is 12.4. The number of nitrogens with zero attached hydrogens (tertiary/aromatic N) is 2. The van der Waals surface area contributed by atoms with Crippen LogP contribution >= 0.6 is 0 Å². The molecule has 0 saturated carbocycles. The van der Waals surface area contributed by atoms with E-state index in [1.807, 2.05) is 4.90 Å². The molecule has 0 radical (unpaired) electrons. The average Bonchev–Trinajstić information content (AvgIpc) is 2.29. The van der Waals surface area contributed by atoms with E-state index >= 15 is 0 Å². The van der Waals surface area contributed by atoms with Crippen LogP contribution in [-0.4, -0.2) is 50.3 Å². The molecule has 0 fully saturated rings. The predicted octanol–water partition coefficient (Wildman–Crippen LogP) is 0.800. The molecule has 0 aliphatic carbocycles. The summed E-state index contributed by atoms with van der Waals surface area (Å²) < 4.78 is 9.91. The van der Waals surface area contributed by atoms with Crippen molar-refractivity contribution in [2.24, 2.45) is 0 Å². The van der Waals surface area contributed by atoms with Crippen LogP contribution in [0.1, 0.15) is 20.3 Å². The Labute approximate surface area is 96.9 Å². The van der Waals surface area contributed by atoms with Crippen molar-refractivity contribution in [2.75, 3.05) is 33.4 Å². The number of esters is 1. The number of hydrogen-bond donors (Lipinski definition) is 0. The summed E-state index contributed by atoms with van der Waals surface area (Å²) in [4.78, 5) is 13.4. The first-order valence-corrected chi connectivity index (χ1v) is 5.43. The molecule has 0 spiro atoms. The Bertz CT molecular complexity index is 238. The van der Waals surface area contributed by atoms with Crippen molar-refractivity contribution in [3.05, 3.63) is 0 Å². The summed E-state index contributed by atoms with van der Waals surface area (Å²) in [5.74, 6) is -0.253. The van der Waals surface area contributed by atoms with Crippen molar-refractivity contribution in [1.29, 1.82) is 5.26 Å². The van der Waals surface area contributed by atoms with Crippen LogP contribution in [-0.2, 0) is 14.3 Å². The molecule has 0 rings (SSSR count). The SMILES string of the molecule is CCOC(=O)C(C)N(CCC#N)CCOC. The van der Waals surface area contributed by atoms with Gasteiger partial charge in [-0.2, -0.15) is 5.26 Å². The molecule has 16 heavy (non-hydrogen) atoms. The topological polar surface area (TPSA) is 62.6 Å². The lowest BCUT2D eigenvalue weighted by atomic mass is 10.2. The third-order valence-corrected chi connectivity index (χ3v) is 2.27. The number of nitriles is 1. The summed E-state index contributed by atoms with van der Waals surface area (Å²) in [5, 5.41) is 8.54. The molecule has 92 valence electrons. The molecular weight excluding hydrogens is 208 g/mol. The molecule has 1 unspecified atom stereocenters. The summed E-state index contributed by atoms with van der Waals surface area (Å²) in [7, 11) is 1.61. The minimum absolute atomic E-state index is 0.253. The highest BCUT2D eigenvalue weighted by Crippen LogP contribution is 2.03. The molecule has 0 aliphatic rings. The van der Waals surface area contributed by atoms with Crippen LogP contribution < -0.4 is 0 Å². The second-order valence-electron chi connectivity index (χ2n) is 3.36. The Morgan fingerprint density at radius 1 is 1.50 bits per heavy atom. The first kappa shape index (κ1) is 14.9. The van der Waals surface area contributed by atoms with Crippen LogP contribution in [0.2, 0.25) is 0 Å². The van der Waals surface area contributed by atoms with E-state index in [4.69, 9.17) is 14.7 Å². The lowest BCUT2D eigenvalue weighted by Gasteiger charge is -2.26. The maximum absolute atomic E-state index is 11.5. The number of methoxy groups -OCH3 is 1. The van der Waals surface area contributed by atoms with Gasteiger partial charge in [0.15, 0.2) is 0 Å². The fourth-order valence-electron chi connectivity index (χ4n) is 1.31. The van der Waals surface area contributed by atoms with Crippen LogP contribution in [0.5, 0.6) is 0 Å². The van der Waals surface area contributed by atoms with Crippen molar-refractivity contribution in [1.82, 2.24) is 4.90 Å². The summed E-state index contributed by atoms with van der Waals surface area (Å²) in [6.07, 6.45) is 0.396. The average molecular weight is 228 g/mol. The van der Waals surface area contributed by atoms with Crippen LogP contribution in [0.25, 0.3) is 0 Å². The summed E-state index contributed by atoms with van der Waals surface area (Å²) in [6, 6.07) is 1.74. The van der Waals surface area contributed by atoms with E-state index in [2.05, 4.69) is 6.07 Å². The smallest absolute Gasteiger partial charge is 0.323 e. The monoisotopic (exact) mass is 228 g/mol. The zero-order valence-electron chi connectivity index (χ0n) is 10.2. The minimum atomic E-state index is -0.330. The Hall–Kier alpha value is -1.12. The van der Waals surface area contributed by atoms with E-state index in [0.717, 1.165) is 0 Å². The van der Waals surface area contributed by atoms with E-state index in [-0.39, 0.29) is 12.0 Å². The molecule has 0 heterocycles. The van der Waals surface area contributed by atoms with Crippen molar-refractivity contribution in [3.63, 3.8) is 0 Å². The van der Waals surface area contributed by atoms with E-state index in [1.165, 1.54) is 0 Å². The second kappa shape index (κ2) is 9.13. The standard InChI is InChI=1S/C11H20N2O3/c1-4-16-11(14)10(2)13(7-5-6-12)8-9-15-3/h10H,4-5,7-9H2,1-3H3. The predicted molar refractivity (Wildman–Crippen MR) is 59.8 cm³/mol. The van der Waals surface area contributed by atoms with Gasteiger partial charge in [-0.1, -0.05) is 0 Å². The maximum atomic E-state index is 11.5. The van der Waals surface area contributed by atoms with Gasteiger partial charge in [0.25, 0.3) is 0 Å². The fraction of sp³-hybridized carbons (Fsp3) is 0.818. The van der Waals surface area contributed by atoms with E-state index < -0.39 is 0 Å². The Morgan fingerprint density at radius 2 is 2.19 bits per heavy atom. The number of carbonyl (C=O) groups is 1. The lowest BCUT2D eigenvalue weighted by molar-refractivity contribution is -0.149. The van der Waals surface area contributed by atoms with Gasteiger partial charge in [-0.25, -0.2) is 0 Å². The van der Waals surface area contributed by atoms with Crippen molar-refractivity contribution >= 4 is 5.97 Å². The number of carbonyl (C=O) groups excluding carboxylic acids is 1. The first-order valence-electron chi connectivity index (χ1n) is 5.43. The van der Waals surface area contributed by atoms with Gasteiger partial charge < -0.3 is 9.47 Å². The van der Waals surface area contributed by atoms with Crippen LogP contribution in [0.3, 0.4) is 0 Å². The molecule has 0 aliphatic heterocycles. The van der Waals surface area contributed by atoms with Crippen LogP contribution in [0.4, 0.5) is 0 Å². The molecule has 0 aromatic rings. The molecule has 1 atom stereocenters. The molecular formula is C11H20N2O3. The van der Waals surface area contributed by atoms with Gasteiger partial charge in [0, 0.05) is 26.6 Å². The molecule has 5 nitrogen and oxygen atoms in total. The number of rotatable bonds is 8. The lowest BCUT2D eigenvalue weighted by Crippen LogP contribution is -2.42. The molecule has 0 amide bonds. The Morgan fingerprint density at radius 3 is 2.69 bits per heavy atom. The van der Waals surface area contributed by atoms with Crippen LogP contribution in [0.15, 0.2) is 0 Å². The highest BCUT2D eigenvalue weighted by Gasteiger charge is 2.21. The van der Waals surface area contributed by atoms with E-state index in [0.29, 0.717) is 32.7 Å². The molecule has 0 aromatic heterocycles. The van der Waals surface area contributed by atoms with E-state index in [1.54, 1.807) is 21.0 Å². The normalized spacial score (nSPS) is 12.2. The number of hydrogen-bond acceptors (Lipinski definition) is 5. The van der Waals surface area contributed by atoms with Gasteiger partial charge in [0.2, 0.25) is 0 Å². The highest BCUT2D eigenvalue weighted by molar-refractivity contribution is 5.75. The van der Waals surface area contributed by atoms with Gasteiger partial charge >= 0.3 is 5.97 Å². The van der Waals surface area contributed by atoms with Gasteiger partial charge in [-0.15, -0.1) is 0 Å². The highest BCUT2D eigenvalue weighted by atomic mass is 16.5. The number of ether oxygens (including phenoxy) is 2. The maximum Gasteiger partial charge on any atom is 0.323 e. The largest absolute Gasteiger partial charge is 0.465 e. The molecule has 0 aromatic carbocycles. The van der Waals surface area contributed by atoms with Gasteiger partial charge in [0.05, 0.1) is 19.3 Å². The van der Waals surface area contributed by atoms with Crippen molar-refractivity contribution in [2.45, 2.75) is 26.3 Å². The van der Waals surface area contributed by atoms with Gasteiger partial charge in [-0.3, -0.25) is 9.69 Å². The summed E-state index contributed by atoms with van der Waals surface area (Å²) in [5.41, 5.74) is 0.